The number of hydrogen-bond donors (Lipinski definition) is 0. The Balaban J connectivity index is 2.61. The van der Waals surface area contributed by atoms with Crippen LogP contribution in [0.2, 0.25) is 0 Å². The maximum absolute atomic E-state index is 11.7. The first-order valence-electron chi connectivity index (χ1n) is 5.32. The highest BCUT2D eigenvalue weighted by molar-refractivity contribution is 7.70. The minimum absolute atomic E-state index is 0.756. The molecular formula is C12H19O2P. The number of hydrogen-bond acceptors (Lipinski definition) is 2. The lowest BCUT2D eigenvalue weighted by Gasteiger charge is -2.09. The fourth-order valence-electron chi connectivity index (χ4n) is 1.24. The minimum atomic E-state index is -2.13. The molecule has 0 saturated heterocycles. The first kappa shape index (κ1) is 12.3. The molecule has 0 aliphatic heterocycles. The summed E-state index contributed by atoms with van der Waals surface area (Å²) in [6.45, 7) is 6.45. The molecule has 0 fully saturated rings. The van der Waals surface area contributed by atoms with E-state index in [2.05, 4.69) is 6.92 Å². The molecule has 1 aromatic rings. The van der Waals surface area contributed by atoms with Gasteiger partial charge in [-0.2, -0.15) is 0 Å². The topological polar surface area (TPSA) is 26.3 Å². The lowest BCUT2D eigenvalue weighted by atomic mass is 10.3. The zero-order chi connectivity index (χ0) is 11.3. The second-order valence-corrected chi connectivity index (χ2v) is 7.26. The average molecular weight is 226 g/mol. The van der Waals surface area contributed by atoms with Crippen LogP contribution in [0.1, 0.15) is 19.8 Å². The first-order valence-corrected chi connectivity index (χ1v) is 7.92. The van der Waals surface area contributed by atoms with Gasteiger partial charge in [0.25, 0.3) is 0 Å². The summed E-state index contributed by atoms with van der Waals surface area (Å²) in [6, 6.07) is 7.57. The quantitative estimate of drug-likeness (QED) is 0.569. The SMILES string of the molecule is CCCCOc1ccc(P(C)(C)=O)cc1. The van der Waals surface area contributed by atoms with Gasteiger partial charge in [0.1, 0.15) is 12.9 Å². The number of unbranched alkanes of at least 4 members (excludes halogenated alkanes) is 1. The van der Waals surface area contributed by atoms with E-state index < -0.39 is 7.14 Å². The molecule has 0 aliphatic carbocycles. The maximum Gasteiger partial charge on any atom is 0.119 e. The van der Waals surface area contributed by atoms with Crippen molar-refractivity contribution in [2.24, 2.45) is 0 Å². The van der Waals surface area contributed by atoms with E-state index in [9.17, 15) is 4.57 Å². The predicted molar refractivity (Wildman–Crippen MR) is 65.9 cm³/mol. The van der Waals surface area contributed by atoms with Gasteiger partial charge >= 0.3 is 0 Å². The Bertz CT molecular complexity index is 337. The van der Waals surface area contributed by atoms with Crippen LogP contribution in [0.25, 0.3) is 0 Å². The molecular weight excluding hydrogens is 207 g/mol. The molecule has 0 unspecified atom stereocenters. The highest BCUT2D eigenvalue weighted by Gasteiger charge is 2.09. The molecule has 15 heavy (non-hydrogen) atoms. The van der Waals surface area contributed by atoms with Gasteiger partial charge in [0.2, 0.25) is 0 Å². The summed E-state index contributed by atoms with van der Waals surface area (Å²) in [4.78, 5) is 0. The molecule has 0 saturated carbocycles. The smallest absolute Gasteiger partial charge is 0.119 e. The molecule has 2 nitrogen and oxygen atoms in total. The summed E-state index contributed by atoms with van der Waals surface area (Å²) >= 11 is 0. The van der Waals surface area contributed by atoms with Gasteiger partial charge in [-0.15, -0.1) is 0 Å². The van der Waals surface area contributed by atoms with E-state index >= 15 is 0 Å². The Hall–Kier alpha value is -0.750. The summed E-state index contributed by atoms with van der Waals surface area (Å²) in [6.07, 6.45) is 2.21. The second-order valence-electron chi connectivity index (χ2n) is 4.05. The monoisotopic (exact) mass is 226 g/mol. The third kappa shape index (κ3) is 4.09. The molecule has 0 radical (unpaired) electrons. The third-order valence-corrected chi connectivity index (χ3v) is 3.77. The number of benzene rings is 1. The van der Waals surface area contributed by atoms with Crippen LogP contribution in [-0.2, 0) is 4.57 Å². The largest absolute Gasteiger partial charge is 0.494 e. The standard InChI is InChI=1S/C12H19O2P/c1-4-5-10-14-11-6-8-12(9-7-11)15(2,3)13/h6-9H,4-5,10H2,1-3H3. The maximum atomic E-state index is 11.7. The highest BCUT2D eigenvalue weighted by Crippen LogP contribution is 2.34. The van der Waals surface area contributed by atoms with Crippen molar-refractivity contribution in [1.82, 2.24) is 0 Å². The van der Waals surface area contributed by atoms with Crippen molar-refractivity contribution in [2.45, 2.75) is 19.8 Å². The van der Waals surface area contributed by atoms with Gasteiger partial charge in [-0.3, -0.25) is 0 Å². The molecule has 0 spiro atoms. The van der Waals surface area contributed by atoms with Crippen LogP contribution in [0.3, 0.4) is 0 Å². The van der Waals surface area contributed by atoms with Gasteiger partial charge in [0.15, 0.2) is 0 Å². The van der Waals surface area contributed by atoms with Gasteiger partial charge in [0, 0.05) is 5.30 Å². The predicted octanol–water partition coefficient (Wildman–Crippen LogP) is 3.11. The molecule has 1 aromatic carbocycles. The van der Waals surface area contributed by atoms with Gasteiger partial charge in [-0.1, -0.05) is 13.3 Å². The van der Waals surface area contributed by atoms with E-state index in [1.807, 2.05) is 24.3 Å². The number of rotatable bonds is 5. The number of ether oxygens (including phenoxy) is 1. The van der Waals surface area contributed by atoms with Crippen LogP contribution in [0.4, 0.5) is 0 Å². The van der Waals surface area contributed by atoms with Crippen molar-refractivity contribution in [3.05, 3.63) is 24.3 Å². The average Bonchev–Trinajstić information content (AvgIpc) is 2.18. The Labute approximate surface area is 92.0 Å². The van der Waals surface area contributed by atoms with Crippen LogP contribution in [-0.4, -0.2) is 19.9 Å². The lowest BCUT2D eigenvalue weighted by Crippen LogP contribution is -2.03. The van der Waals surface area contributed by atoms with Crippen LogP contribution in [0.15, 0.2) is 24.3 Å². The van der Waals surface area contributed by atoms with E-state index in [1.54, 1.807) is 13.3 Å². The van der Waals surface area contributed by atoms with E-state index in [1.165, 1.54) is 0 Å². The van der Waals surface area contributed by atoms with Crippen molar-refractivity contribution < 1.29 is 9.30 Å². The lowest BCUT2D eigenvalue weighted by molar-refractivity contribution is 0.309. The minimum Gasteiger partial charge on any atom is -0.494 e. The summed E-state index contributed by atoms with van der Waals surface area (Å²) in [5, 5.41) is 0.908. The zero-order valence-electron chi connectivity index (χ0n) is 9.69. The van der Waals surface area contributed by atoms with Crippen LogP contribution < -0.4 is 10.0 Å². The molecule has 0 aromatic heterocycles. The summed E-state index contributed by atoms with van der Waals surface area (Å²) in [5.74, 6) is 0.862. The summed E-state index contributed by atoms with van der Waals surface area (Å²) in [5.41, 5.74) is 0. The highest BCUT2D eigenvalue weighted by atomic mass is 31.2. The summed E-state index contributed by atoms with van der Waals surface area (Å²) < 4.78 is 17.3. The molecule has 84 valence electrons. The van der Waals surface area contributed by atoms with E-state index in [-0.39, 0.29) is 0 Å². The Kier molecular flexibility index (Phi) is 4.41. The van der Waals surface area contributed by atoms with E-state index in [0.717, 1.165) is 30.5 Å². The fourth-order valence-corrected chi connectivity index (χ4v) is 2.10. The first-order chi connectivity index (χ1) is 7.04. The van der Waals surface area contributed by atoms with Crippen molar-refractivity contribution in [3.63, 3.8) is 0 Å². The molecule has 0 heterocycles. The molecule has 0 N–H and O–H groups in total. The van der Waals surface area contributed by atoms with Crippen molar-refractivity contribution >= 4 is 12.4 Å². The molecule has 1 rings (SSSR count). The fraction of sp³-hybridized carbons (Fsp3) is 0.500. The van der Waals surface area contributed by atoms with Gasteiger partial charge in [-0.05, 0) is 44.0 Å². The third-order valence-electron chi connectivity index (χ3n) is 2.23. The molecule has 0 aliphatic rings. The Morgan fingerprint density at radius 3 is 2.27 bits per heavy atom. The van der Waals surface area contributed by atoms with Crippen LogP contribution in [0.5, 0.6) is 5.75 Å². The van der Waals surface area contributed by atoms with Crippen LogP contribution >= 0.6 is 7.14 Å². The van der Waals surface area contributed by atoms with Crippen molar-refractivity contribution in [3.8, 4) is 5.75 Å². The zero-order valence-corrected chi connectivity index (χ0v) is 10.6. The molecule has 3 heteroatoms. The van der Waals surface area contributed by atoms with Crippen molar-refractivity contribution in [2.75, 3.05) is 19.9 Å². The van der Waals surface area contributed by atoms with Crippen molar-refractivity contribution in [1.29, 1.82) is 0 Å². The second kappa shape index (κ2) is 5.37. The van der Waals surface area contributed by atoms with Gasteiger partial charge < -0.3 is 9.30 Å². The Morgan fingerprint density at radius 2 is 1.80 bits per heavy atom. The normalized spacial score (nSPS) is 11.4. The van der Waals surface area contributed by atoms with E-state index in [0.29, 0.717) is 0 Å². The Morgan fingerprint density at radius 1 is 1.20 bits per heavy atom. The summed E-state index contributed by atoms with van der Waals surface area (Å²) in [7, 11) is -2.13. The van der Waals surface area contributed by atoms with E-state index in [4.69, 9.17) is 4.74 Å². The molecule has 0 atom stereocenters. The molecule has 0 bridgehead atoms. The van der Waals surface area contributed by atoms with Gasteiger partial charge in [0.05, 0.1) is 6.61 Å². The molecule has 0 amide bonds. The van der Waals surface area contributed by atoms with Gasteiger partial charge in [-0.25, -0.2) is 0 Å². The van der Waals surface area contributed by atoms with Crippen LogP contribution in [0, 0.1) is 0 Å².